The van der Waals surface area contributed by atoms with E-state index in [1.165, 1.54) is 65.7 Å². The standard InChI is InChI=1S/C54H35NO/c1-3-13-36(14-4-1)39-25-29-46-42(31-39)32-41(37-15-5-2-6-16-37)33-51(46)38-23-26-43(27-24-38)55(44-28-30-50-49-21-11-12-22-53(49)56-54(50)35-44)52-34-40-17-7-8-18-45(40)47-19-9-10-20-48(47)52/h1-35H. The summed E-state index contributed by atoms with van der Waals surface area (Å²) >= 11 is 0. The summed E-state index contributed by atoms with van der Waals surface area (Å²) in [5.74, 6) is 0. The summed E-state index contributed by atoms with van der Waals surface area (Å²) in [4.78, 5) is 2.38. The summed E-state index contributed by atoms with van der Waals surface area (Å²) in [7, 11) is 0. The zero-order chi connectivity index (χ0) is 37.0. The number of hydrogen-bond acceptors (Lipinski definition) is 2. The lowest BCUT2D eigenvalue weighted by molar-refractivity contribution is 0.669. The SMILES string of the molecule is c1ccc(-c2ccc3c(-c4ccc(N(c5ccc6c(c5)oc5ccccc56)c5cc6ccccc6c6ccccc56)cc4)cc(-c4ccccc4)cc3c2)cc1. The van der Waals surface area contributed by atoms with Crippen molar-refractivity contribution in [3.63, 3.8) is 0 Å². The molecule has 11 aromatic rings. The predicted octanol–water partition coefficient (Wildman–Crippen LogP) is 15.5. The number of anilines is 3. The second-order valence-corrected chi connectivity index (χ2v) is 14.5. The number of nitrogens with zero attached hydrogens (tertiary/aromatic N) is 1. The Bertz CT molecular complexity index is 3230. The molecule has 1 aromatic heterocycles. The third kappa shape index (κ3) is 5.42. The third-order valence-electron chi connectivity index (χ3n) is 11.2. The summed E-state index contributed by atoms with van der Waals surface area (Å²) < 4.78 is 6.45. The van der Waals surface area contributed by atoms with Crippen LogP contribution in [0.2, 0.25) is 0 Å². The molecule has 0 bridgehead atoms. The molecule has 11 rings (SSSR count). The molecule has 0 spiro atoms. The van der Waals surface area contributed by atoms with Crippen molar-refractivity contribution in [3.05, 3.63) is 212 Å². The predicted molar refractivity (Wildman–Crippen MR) is 237 cm³/mol. The topological polar surface area (TPSA) is 16.4 Å². The molecule has 0 atom stereocenters. The van der Waals surface area contributed by atoms with Crippen LogP contribution in [-0.4, -0.2) is 0 Å². The molecule has 0 aliphatic rings. The van der Waals surface area contributed by atoms with E-state index in [9.17, 15) is 0 Å². The summed E-state index contributed by atoms with van der Waals surface area (Å²) in [6.07, 6.45) is 0. The highest BCUT2D eigenvalue weighted by Crippen LogP contribution is 2.44. The third-order valence-corrected chi connectivity index (χ3v) is 11.2. The smallest absolute Gasteiger partial charge is 0.137 e. The fourth-order valence-corrected chi connectivity index (χ4v) is 8.51. The number of fused-ring (bicyclic) bond motifs is 7. The normalized spacial score (nSPS) is 11.6. The molecule has 0 fully saturated rings. The summed E-state index contributed by atoms with van der Waals surface area (Å²) in [6, 6.07) is 76.6. The van der Waals surface area contributed by atoms with Gasteiger partial charge in [-0.1, -0.05) is 152 Å². The Morgan fingerprint density at radius 3 is 1.64 bits per heavy atom. The van der Waals surface area contributed by atoms with Crippen molar-refractivity contribution in [1.29, 1.82) is 0 Å². The Morgan fingerprint density at radius 2 is 0.857 bits per heavy atom. The summed E-state index contributed by atoms with van der Waals surface area (Å²) in [6.45, 7) is 0. The summed E-state index contributed by atoms with van der Waals surface area (Å²) in [5.41, 5.74) is 12.2. The van der Waals surface area contributed by atoms with Gasteiger partial charge >= 0.3 is 0 Å². The van der Waals surface area contributed by atoms with Crippen molar-refractivity contribution in [1.82, 2.24) is 0 Å². The maximum Gasteiger partial charge on any atom is 0.137 e. The van der Waals surface area contributed by atoms with Gasteiger partial charge in [0, 0.05) is 33.6 Å². The minimum Gasteiger partial charge on any atom is -0.456 e. The second kappa shape index (κ2) is 13.2. The monoisotopic (exact) mass is 713 g/mol. The average molecular weight is 714 g/mol. The molecule has 0 unspecified atom stereocenters. The van der Waals surface area contributed by atoms with E-state index in [1.807, 2.05) is 12.1 Å². The van der Waals surface area contributed by atoms with Gasteiger partial charge in [0.15, 0.2) is 0 Å². The summed E-state index contributed by atoms with van der Waals surface area (Å²) in [5, 5.41) is 9.55. The van der Waals surface area contributed by atoms with E-state index in [0.29, 0.717) is 0 Å². The van der Waals surface area contributed by atoms with E-state index in [4.69, 9.17) is 4.42 Å². The lowest BCUT2D eigenvalue weighted by atomic mass is 9.91. The van der Waals surface area contributed by atoms with Crippen LogP contribution in [0.1, 0.15) is 0 Å². The van der Waals surface area contributed by atoms with Gasteiger partial charge in [0.25, 0.3) is 0 Å². The van der Waals surface area contributed by atoms with Gasteiger partial charge in [0.05, 0.1) is 5.69 Å². The van der Waals surface area contributed by atoms with Gasteiger partial charge in [0.1, 0.15) is 11.2 Å². The van der Waals surface area contributed by atoms with Crippen molar-refractivity contribution in [2.45, 2.75) is 0 Å². The Balaban J connectivity index is 1.10. The number of rotatable bonds is 6. The largest absolute Gasteiger partial charge is 0.456 e. The van der Waals surface area contributed by atoms with Gasteiger partial charge in [0.2, 0.25) is 0 Å². The van der Waals surface area contributed by atoms with Crippen molar-refractivity contribution in [2.24, 2.45) is 0 Å². The fraction of sp³-hybridized carbons (Fsp3) is 0. The molecule has 262 valence electrons. The zero-order valence-electron chi connectivity index (χ0n) is 30.6. The molecule has 0 amide bonds. The van der Waals surface area contributed by atoms with Crippen LogP contribution in [0.4, 0.5) is 17.1 Å². The molecule has 0 saturated heterocycles. The average Bonchev–Trinajstić information content (AvgIpc) is 3.65. The first-order valence-electron chi connectivity index (χ1n) is 19.2. The minimum absolute atomic E-state index is 0.870. The van der Waals surface area contributed by atoms with E-state index in [2.05, 4.69) is 205 Å². The second-order valence-electron chi connectivity index (χ2n) is 14.5. The first-order valence-corrected chi connectivity index (χ1v) is 19.2. The van der Waals surface area contributed by atoms with Crippen molar-refractivity contribution in [2.75, 3.05) is 4.90 Å². The molecule has 1 heterocycles. The van der Waals surface area contributed by atoms with Crippen LogP contribution < -0.4 is 4.90 Å². The molecular formula is C54H35NO. The molecule has 0 aliphatic heterocycles. The Morgan fingerprint density at radius 1 is 0.286 bits per heavy atom. The van der Waals surface area contributed by atoms with Crippen LogP contribution >= 0.6 is 0 Å². The molecule has 56 heavy (non-hydrogen) atoms. The Hall–Kier alpha value is -7.42. The Labute approximate surface area is 325 Å². The van der Waals surface area contributed by atoms with E-state index >= 15 is 0 Å². The van der Waals surface area contributed by atoms with Gasteiger partial charge in [-0.25, -0.2) is 0 Å². The van der Waals surface area contributed by atoms with Gasteiger partial charge < -0.3 is 9.32 Å². The maximum absolute atomic E-state index is 6.45. The van der Waals surface area contributed by atoms with Crippen molar-refractivity contribution < 1.29 is 4.42 Å². The maximum atomic E-state index is 6.45. The number of para-hydroxylation sites is 1. The lowest BCUT2D eigenvalue weighted by Crippen LogP contribution is -2.10. The number of furan rings is 1. The molecule has 2 nitrogen and oxygen atoms in total. The molecule has 2 heteroatoms. The minimum atomic E-state index is 0.870. The molecular weight excluding hydrogens is 679 g/mol. The van der Waals surface area contributed by atoms with Crippen molar-refractivity contribution >= 4 is 71.3 Å². The van der Waals surface area contributed by atoms with Crippen LogP contribution in [0.25, 0.3) is 87.6 Å². The first kappa shape index (κ1) is 32.0. The highest BCUT2D eigenvalue weighted by molar-refractivity contribution is 6.15. The quantitative estimate of drug-likeness (QED) is 0.160. The molecule has 0 aliphatic carbocycles. The van der Waals surface area contributed by atoms with Gasteiger partial charge in [-0.2, -0.15) is 0 Å². The van der Waals surface area contributed by atoms with Gasteiger partial charge in [-0.15, -0.1) is 0 Å². The Kier molecular flexibility index (Phi) is 7.53. The highest BCUT2D eigenvalue weighted by Gasteiger charge is 2.20. The van der Waals surface area contributed by atoms with Gasteiger partial charge in [-0.05, 0) is 115 Å². The van der Waals surface area contributed by atoms with Crippen LogP contribution in [0.3, 0.4) is 0 Å². The molecule has 0 radical (unpaired) electrons. The van der Waals surface area contributed by atoms with E-state index in [1.54, 1.807) is 0 Å². The van der Waals surface area contributed by atoms with Crippen LogP contribution in [0.15, 0.2) is 217 Å². The van der Waals surface area contributed by atoms with E-state index < -0.39 is 0 Å². The van der Waals surface area contributed by atoms with Gasteiger partial charge in [-0.3, -0.25) is 0 Å². The number of hydrogen-bond donors (Lipinski definition) is 0. The molecule has 0 saturated carbocycles. The molecule has 10 aromatic carbocycles. The first-order chi connectivity index (χ1) is 27.7. The highest BCUT2D eigenvalue weighted by atomic mass is 16.3. The van der Waals surface area contributed by atoms with Crippen LogP contribution in [-0.2, 0) is 0 Å². The van der Waals surface area contributed by atoms with Crippen molar-refractivity contribution in [3.8, 4) is 33.4 Å². The van der Waals surface area contributed by atoms with E-state index in [-0.39, 0.29) is 0 Å². The van der Waals surface area contributed by atoms with Crippen LogP contribution in [0.5, 0.6) is 0 Å². The van der Waals surface area contributed by atoms with Crippen LogP contribution in [0, 0.1) is 0 Å². The zero-order valence-corrected chi connectivity index (χ0v) is 30.6. The fourth-order valence-electron chi connectivity index (χ4n) is 8.51. The molecule has 0 N–H and O–H groups in total. The lowest BCUT2D eigenvalue weighted by Gasteiger charge is -2.28. The van der Waals surface area contributed by atoms with E-state index in [0.717, 1.165) is 39.0 Å². The number of benzene rings is 10.